The summed E-state index contributed by atoms with van der Waals surface area (Å²) in [7, 11) is 0. The van der Waals surface area contributed by atoms with E-state index in [1.54, 1.807) is 13.0 Å². The van der Waals surface area contributed by atoms with E-state index >= 15 is 0 Å². The summed E-state index contributed by atoms with van der Waals surface area (Å²) in [6.45, 7) is 3.76. The molecule has 0 atom stereocenters. The molecule has 2 heterocycles. The van der Waals surface area contributed by atoms with Crippen molar-refractivity contribution in [1.82, 2.24) is 14.9 Å². The number of nitrogens with zero attached hydrogens (tertiary/aromatic N) is 3. The van der Waals surface area contributed by atoms with Gasteiger partial charge in [-0.25, -0.2) is 9.97 Å². The maximum atomic E-state index is 11.8. The average Bonchev–Trinajstić information content (AvgIpc) is 2.78. The highest BCUT2D eigenvalue weighted by Gasteiger charge is 2.17. The largest absolute Gasteiger partial charge is 0.384 e. The normalized spacial score (nSPS) is 15.0. The zero-order valence-corrected chi connectivity index (χ0v) is 9.94. The van der Waals surface area contributed by atoms with Crippen LogP contribution in [-0.2, 0) is 4.79 Å². The minimum atomic E-state index is 0.109. The number of nitrogen functional groups attached to an aromatic ring is 1. The van der Waals surface area contributed by atoms with Crippen molar-refractivity contribution in [2.75, 3.05) is 30.7 Å². The lowest BCUT2D eigenvalue weighted by atomic mass is 10.4. The molecular weight excluding hydrogens is 218 g/mol. The van der Waals surface area contributed by atoms with Gasteiger partial charge in [-0.2, -0.15) is 0 Å². The Balaban J connectivity index is 1.90. The molecule has 0 radical (unpaired) electrons. The van der Waals surface area contributed by atoms with Gasteiger partial charge in [0.05, 0.1) is 6.54 Å². The van der Waals surface area contributed by atoms with E-state index in [1.807, 2.05) is 4.90 Å². The van der Waals surface area contributed by atoms with Crippen molar-refractivity contribution < 1.29 is 4.79 Å². The number of rotatable bonds is 3. The molecule has 1 saturated heterocycles. The van der Waals surface area contributed by atoms with Crippen molar-refractivity contribution in [1.29, 1.82) is 0 Å². The van der Waals surface area contributed by atoms with Crippen LogP contribution in [-0.4, -0.2) is 40.4 Å². The summed E-state index contributed by atoms with van der Waals surface area (Å²) in [5.41, 5.74) is 5.60. The number of amides is 1. The van der Waals surface area contributed by atoms with Gasteiger partial charge in [0, 0.05) is 19.2 Å². The van der Waals surface area contributed by atoms with E-state index in [0.717, 1.165) is 25.9 Å². The van der Waals surface area contributed by atoms with Gasteiger partial charge in [-0.05, 0) is 19.8 Å². The van der Waals surface area contributed by atoms with Gasteiger partial charge in [0.1, 0.15) is 17.5 Å². The summed E-state index contributed by atoms with van der Waals surface area (Å²) >= 11 is 0. The molecule has 1 aromatic rings. The molecule has 17 heavy (non-hydrogen) atoms. The summed E-state index contributed by atoms with van der Waals surface area (Å²) in [5, 5.41) is 2.98. The second-order valence-corrected chi connectivity index (χ2v) is 4.17. The third-order valence-electron chi connectivity index (χ3n) is 2.74. The van der Waals surface area contributed by atoms with E-state index in [4.69, 9.17) is 5.73 Å². The second-order valence-electron chi connectivity index (χ2n) is 4.17. The first-order valence-corrected chi connectivity index (χ1v) is 5.78. The van der Waals surface area contributed by atoms with Crippen LogP contribution in [0.1, 0.15) is 18.7 Å². The standard InChI is InChI=1S/C11H17N5O/c1-8-14-9(12)6-10(15-8)13-7-11(17)16-4-2-3-5-16/h6H,2-5,7H2,1H3,(H3,12,13,14,15). The Morgan fingerprint density at radius 1 is 1.47 bits per heavy atom. The predicted octanol–water partition coefficient (Wildman–Crippen LogP) is 0.402. The molecule has 1 aromatic heterocycles. The van der Waals surface area contributed by atoms with E-state index in [-0.39, 0.29) is 12.5 Å². The topological polar surface area (TPSA) is 84.1 Å². The number of nitrogens with two attached hydrogens (primary N) is 1. The van der Waals surface area contributed by atoms with Crippen molar-refractivity contribution in [2.45, 2.75) is 19.8 Å². The molecule has 0 spiro atoms. The molecule has 1 aliphatic heterocycles. The molecule has 0 bridgehead atoms. The fraction of sp³-hybridized carbons (Fsp3) is 0.545. The van der Waals surface area contributed by atoms with Gasteiger partial charge in [-0.1, -0.05) is 0 Å². The van der Waals surface area contributed by atoms with E-state index in [1.165, 1.54) is 0 Å². The van der Waals surface area contributed by atoms with E-state index in [9.17, 15) is 4.79 Å². The van der Waals surface area contributed by atoms with Gasteiger partial charge >= 0.3 is 0 Å². The molecule has 0 aliphatic carbocycles. The minimum Gasteiger partial charge on any atom is -0.384 e. The highest BCUT2D eigenvalue weighted by Crippen LogP contribution is 2.10. The van der Waals surface area contributed by atoms with Crippen LogP contribution in [0.2, 0.25) is 0 Å². The monoisotopic (exact) mass is 235 g/mol. The molecule has 3 N–H and O–H groups in total. The highest BCUT2D eigenvalue weighted by molar-refractivity contribution is 5.80. The Kier molecular flexibility index (Phi) is 3.41. The number of hydrogen-bond acceptors (Lipinski definition) is 5. The first kappa shape index (κ1) is 11.6. The Labute approximate surface area is 100 Å². The van der Waals surface area contributed by atoms with Crippen molar-refractivity contribution in [3.8, 4) is 0 Å². The molecular formula is C11H17N5O. The zero-order valence-electron chi connectivity index (χ0n) is 9.94. The van der Waals surface area contributed by atoms with Crippen LogP contribution < -0.4 is 11.1 Å². The number of carbonyl (C=O) groups excluding carboxylic acids is 1. The van der Waals surface area contributed by atoms with Gasteiger partial charge in [0.2, 0.25) is 5.91 Å². The molecule has 0 aromatic carbocycles. The van der Waals surface area contributed by atoms with Crippen LogP contribution in [0.5, 0.6) is 0 Å². The van der Waals surface area contributed by atoms with Crippen LogP contribution in [0.4, 0.5) is 11.6 Å². The lowest BCUT2D eigenvalue weighted by Crippen LogP contribution is -2.33. The summed E-state index contributed by atoms with van der Waals surface area (Å²) < 4.78 is 0. The summed E-state index contributed by atoms with van der Waals surface area (Å²) in [6, 6.07) is 1.63. The SMILES string of the molecule is Cc1nc(N)cc(NCC(=O)N2CCCC2)n1. The average molecular weight is 235 g/mol. The lowest BCUT2D eigenvalue weighted by Gasteiger charge is -2.15. The first-order chi connectivity index (χ1) is 8.15. The van der Waals surface area contributed by atoms with Crippen LogP contribution in [0.15, 0.2) is 6.07 Å². The molecule has 2 rings (SSSR count). The highest BCUT2D eigenvalue weighted by atomic mass is 16.2. The first-order valence-electron chi connectivity index (χ1n) is 5.78. The van der Waals surface area contributed by atoms with Gasteiger partial charge in [0.25, 0.3) is 0 Å². The van der Waals surface area contributed by atoms with Crippen LogP contribution in [0.3, 0.4) is 0 Å². The summed E-state index contributed by atoms with van der Waals surface area (Å²) in [6.07, 6.45) is 2.20. The number of aromatic nitrogens is 2. The summed E-state index contributed by atoms with van der Waals surface area (Å²) in [4.78, 5) is 21.8. The summed E-state index contributed by atoms with van der Waals surface area (Å²) in [5.74, 6) is 1.72. The fourth-order valence-electron chi connectivity index (χ4n) is 1.93. The smallest absolute Gasteiger partial charge is 0.241 e. The molecule has 1 aliphatic rings. The Hall–Kier alpha value is -1.85. The van der Waals surface area contributed by atoms with Crippen LogP contribution >= 0.6 is 0 Å². The van der Waals surface area contributed by atoms with E-state index < -0.39 is 0 Å². The second kappa shape index (κ2) is 4.99. The third-order valence-corrected chi connectivity index (χ3v) is 2.74. The van der Waals surface area contributed by atoms with Crippen LogP contribution in [0.25, 0.3) is 0 Å². The van der Waals surface area contributed by atoms with Crippen molar-refractivity contribution in [2.24, 2.45) is 0 Å². The van der Waals surface area contributed by atoms with Crippen molar-refractivity contribution in [3.63, 3.8) is 0 Å². The number of aryl methyl sites for hydroxylation is 1. The number of anilines is 2. The van der Waals surface area contributed by atoms with Crippen molar-refractivity contribution >= 4 is 17.5 Å². The van der Waals surface area contributed by atoms with Gasteiger partial charge in [0.15, 0.2) is 0 Å². The number of nitrogens with one attached hydrogen (secondary N) is 1. The predicted molar refractivity (Wildman–Crippen MR) is 65.5 cm³/mol. The number of likely N-dealkylation sites (tertiary alicyclic amines) is 1. The zero-order chi connectivity index (χ0) is 12.3. The van der Waals surface area contributed by atoms with E-state index in [0.29, 0.717) is 17.5 Å². The Bertz CT molecular complexity index is 394. The van der Waals surface area contributed by atoms with Gasteiger partial charge < -0.3 is 16.0 Å². The van der Waals surface area contributed by atoms with Crippen LogP contribution in [0, 0.1) is 6.92 Å². The molecule has 6 heteroatoms. The molecule has 92 valence electrons. The Morgan fingerprint density at radius 2 is 2.18 bits per heavy atom. The number of carbonyl (C=O) groups is 1. The maximum Gasteiger partial charge on any atom is 0.241 e. The van der Waals surface area contributed by atoms with Gasteiger partial charge in [-0.15, -0.1) is 0 Å². The van der Waals surface area contributed by atoms with Gasteiger partial charge in [-0.3, -0.25) is 4.79 Å². The quantitative estimate of drug-likeness (QED) is 0.792. The molecule has 0 saturated carbocycles. The number of hydrogen-bond donors (Lipinski definition) is 2. The molecule has 0 unspecified atom stereocenters. The molecule has 1 amide bonds. The lowest BCUT2D eigenvalue weighted by molar-refractivity contribution is -0.128. The minimum absolute atomic E-state index is 0.109. The van der Waals surface area contributed by atoms with Crippen molar-refractivity contribution in [3.05, 3.63) is 11.9 Å². The molecule has 1 fully saturated rings. The Morgan fingerprint density at radius 3 is 2.82 bits per heavy atom. The fourth-order valence-corrected chi connectivity index (χ4v) is 1.93. The third kappa shape index (κ3) is 3.05. The molecule has 6 nitrogen and oxygen atoms in total. The van der Waals surface area contributed by atoms with E-state index in [2.05, 4.69) is 15.3 Å². The maximum absolute atomic E-state index is 11.8.